The van der Waals surface area contributed by atoms with Crippen molar-refractivity contribution < 1.29 is 14.3 Å². The molecule has 1 amide bonds. The van der Waals surface area contributed by atoms with E-state index in [1.54, 1.807) is 43.6 Å². The topological polar surface area (TPSA) is 78.3 Å². The van der Waals surface area contributed by atoms with E-state index in [0.29, 0.717) is 34.0 Å². The number of carbonyl (C=O) groups is 1. The van der Waals surface area contributed by atoms with Crippen LogP contribution >= 0.6 is 0 Å². The predicted octanol–water partition coefficient (Wildman–Crippen LogP) is 4.51. The van der Waals surface area contributed by atoms with Gasteiger partial charge >= 0.3 is 0 Å². The molecule has 0 radical (unpaired) electrons. The number of para-hydroxylation sites is 1. The summed E-state index contributed by atoms with van der Waals surface area (Å²) < 4.78 is 12.5. The maximum absolute atomic E-state index is 13.3. The molecule has 156 valence electrons. The molecule has 2 aromatic carbocycles. The second-order valence-corrected chi connectivity index (χ2v) is 6.88. The Morgan fingerprint density at radius 3 is 2.55 bits per heavy atom. The summed E-state index contributed by atoms with van der Waals surface area (Å²) in [7, 11) is 3.17. The molecule has 4 aromatic rings. The number of carbonyl (C=O) groups excluding carboxylic acids is 1. The lowest BCUT2D eigenvalue weighted by atomic mass is 10.1. The van der Waals surface area contributed by atoms with E-state index >= 15 is 0 Å². The summed E-state index contributed by atoms with van der Waals surface area (Å²) in [5.74, 6) is 0.926. The molecule has 0 atom stereocenters. The molecule has 0 aliphatic heterocycles. The van der Waals surface area contributed by atoms with Crippen LogP contribution in [0.5, 0.6) is 11.5 Å². The minimum atomic E-state index is -0.286. The number of anilines is 1. The summed E-state index contributed by atoms with van der Waals surface area (Å²) in [6, 6.07) is 16.9. The molecule has 0 aliphatic carbocycles. The molecule has 0 saturated carbocycles. The molecular weight excluding hydrogens is 392 g/mol. The lowest BCUT2D eigenvalue weighted by Gasteiger charge is -2.11. The predicted molar refractivity (Wildman–Crippen MR) is 119 cm³/mol. The van der Waals surface area contributed by atoms with Crippen LogP contribution in [0.1, 0.15) is 15.9 Å². The van der Waals surface area contributed by atoms with Crippen LogP contribution in [0.15, 0.2) is 73.2 Å². The van der Waals surface area contributed by atoms with Gasteiger partial charge in [-0.15, -0.1) is 0 Å². The van der Waals surface area contributed by atoms with E-state index in [9.17, 15) is 4.79 Å². The zero-order valence-electron chi connectivity index (χ0n) is 17.5. The van der Waals surface area contributed by atoms with Crippen LogP contribution < -0.4 is 14.8 Å². The number of aryl methyl sites for hydroxylation is 1. The number of hydrogen-bond acceptors (Lipinski definition) is 5. The van der Waals surface area contributed by atoms with Crippen LogP contribution in [0.25, 0.3) is 16.9 Å². The van der Waals surface area contributed by atoms with Crippen molar-refractivity contribution in [2.24, 2.45) is 0 Å². The number of ether oxygens (including phenoxy) is 2. The molecule has 4 rings (SSSR count). The molecule has 7 nitrogen and oxygen atoms in total. The van der Waals surface area contributed by atoms with Gasteiger partial charge in [0.2, 0.25) is 0 Å². The number of hydrogen-bond donors (Lipinski definition) is 1. The van der Waals surface area contributed by atoms with E-state index in [1.807, 2.05) is 55.5 Å². The SMILES string of the molecule is COc1ccc(-c2nn(-c3ccccc3)cc2C(=O)Nc2cnccc2C)c(OC)c1. The number of nitrogens with one attached hydrogen (secondary N) is 1. The molecule has 7 heteroatoms. The highest BCUT2D eigenvalue weighted by atomic mass is 16.5. The molecule has 2 aromatic heterocycles. The van der Waals surface area contributed by atoms with Crippen molar-refractivity contribution in [1.29, 1.82) is 0 Å². The molecule has 0 unspecified atom stereocenters. The fourth-order valence-corrected chi connectivity index (χ4v) is 3.23. The van der Waals surface area contributed by atoms with Gasteiger partial charge in [0.25, 0.3) is 5.91 Å². The summed E-state index contributed by atoms with van der Waals surface area (Å²) in [5, 5.41) is 7.66. The van der Waals surface area contributed by atoms with Crippen molar-refractivity contribution in [1.82, 2.24) is 14.8 Å². The lowest BCUT2D eigenvalue weighted by Crippen LogP contribution is -2.13. The number of benzene rings is 2. The zero-order chi connectivity index (χ0) is 21.8. The monoisotopic (exact) mass is 414 g/mol. The maximum atomic E-state index is 13.3. The number of amides is 1. The Bertz CT molecular complexity index is 1220. The first-order valence-electron chi connectivity index (χ1n) is 9.70. The van der Waals surface area contributed by atoms with Crippen LogP contribution in [0.2, 0.25) is 0 Å². The van der Waals surface area contributed by atoms with Gasteiger partial charge in [-0.2, -0.15) is 5.10 Å². The minimum absolute atomic E-state index is 0.286. The van der Waals surface area contributed by atoms with Crippen molar-refractivity contribution in [3.63, 3.8) is 0 Å². The highest BCUT2D eigenvalue weighted by Crippen LogP contribution is 2.35. The standard InChI is InChI=1S/C24H22N4O3/c1-16-11-12-25-14-21(16)26-24(29)20-15-28(17-7-5-4-6-8-17)27-23(20)19-10-9-18(30-2)13-22(19)31-3/h4-15H,1-3H3,(H,26,29). The summed E-state index contributed by atoms with van der Waals surface area (Å²) in [6.45, 7) is 1.91. The normalized spacial score (nSPS) is 10.5. The molecular formula is C24H22N4O3. The Balaban J connectivity index is 1.83. The Kier molecular flexibility index (Phi) is 5.66. The number of rotatable bonds is 6. The largest absolute Gasteiger partial charge is 0.497 e. The molecule has 0 bridgehead atoms. The third-order valence-corrected chi connectivity index (χ3v) is 4.93. The molecule has 0 aliphatic rings. The fraction of sp³-hybridized carbons (Fsp3) is 0.125. The first kappa shape index (κ1) is 20.2. The van der Waals surface area contributed by atoms with Crippen molar-refractivity contribution in [2.75, 3.05) is 19.5 Å². The Morgan fingerprint density at radius 1 is 1.03 bits per heavy atom. The van der Waals surface area contributed by atoms with E-state index in [-0.39, 0.29) is 5.91 Å². The van der Waals surface area contributed by atoms with Crippen molar-refractivity contribution in [2.45, 2.75) is 6.92 Å². The molecule has 0 spiro atoms. The van der Waals surface area contributed by atoms with Gasteiger partial charge in [-0.1, -0.05) is 18.2 Å². The molecule has 1 N–H and O–H groups in total. The van der Waals surface area contributed by atoms with Crippen molar-refractivity contribution in [3.8, 4) is 28.4 Å². The third kappa shape index (κ3) is 4.11. The number of pyridine rings is 1. The van der Waals surface area contributed by atoms with Crippen LogP contribution in [0.4, 0.5) is 5.69 Å². The smallest absolute Gasteiger partial charge is 0.259 e. The van der Waals surface area contributed by atoms with E-state index in [1.165, 1.54) is 0 Å². The zero-order valence-corrected chi connectivity index (χ0v) is 17.5. The van der Waals surface area contributed by atoms with Crippen LogP contribution in [0, 0.1) is 6.92 Å². The summed E-state index contributed by atoms with van der Waals surface area (Å²) in [5.41, 5.74) is 4.01. The minimum Gasteiger partial charge on any atom is -0.497 e. The van der Waals surface area contributed by atoms with E-state index in [4.69, 9.17) is 14.6 Å². The lowest BCUT2D eigenvalue weighted by molar-refractivity contribution is 0.102. The second kappa shape index (κ2) is 8.71. The van der Waals surface area contributed by atoms with Gasteiger partial charge in [-0.25, -0.2) is 4.68 Å². The summed E-state index contributed by atoms with van der Waals surface area (Å²) in [6.07, 6.45) is 5.03. The molecule has 31 heavy (non-hydrogen) atoms. The number of methoxy groups -OCH3 is 2. The van der Waals surface area contributed by atoms with Gasteiger partial charge in [0.05, 0.1) is 37.4 Å². The number of aromatic nitrogens is 3. The molecule has 0 fully saturated rings. The molecule has 2 heterocycles. The van der Waals surface area contributed by atoms with Crippen molar-refractivity contribution >= 4 is 11.6 Å². The Hall–Kier alpha value is -4.13. The highest BCUT2D eigenvalue weighted by Gasteiger charge is 2.22. The first-order chi connectivity index (χ1) is 15.1. The van der Waals surface area contributed by atoms with E-state index in [2.05, 4.69) is 10.3 Å². The fourth-order valence-electron chi connectivity index (χ4n) is 3.23. The van der Waals surface area contributed by atoms with E-state index < -0.39 is 0 Å². The quantitative estimate of drug-likeness (QED) is 0.502. The average molecular weight is 414 g/mol. The van der Waals surface area contributed by atoms with E-state index in [0.717, 1.165) is 11.3 Å². The summed E-state index contributed by atoms with van der Waals surface area (Å²) >= 11 is 0. The highest BCUT2D eigenvalue weighted by molar-refractivity contribution is 6.08. The first-order valence-corrected chi connectivity index (χ1v) is 9.70. The van der Waals surface area contributed by atoms with Gasteiger partial charge in [-0.3, -0.25) is 9.78 Å². The van der Waals surface area contributed by atoms with Crippen molar-refractivity contribution in [3.05, 3.63) is 84.3 Å². The number of nitrogens with zero attached hydrogens (tertiary/aromatic N) is 3. The Labute approximate surface area is 180 Å². The third-order valence-electron chi connectivity index (χ3n) is 4.93. The van der Waals surface area contributed by atoms with Gasteiger partial charge in [0.1, 0.15) is 17.2 Å². The van der Waals surface area contributed by atoms with Crippen LogP contribution in [-0.2, 0) is 0 Å². The van der Waals surface area contributed by atoms with Gasteiger partial charge in [0, 0.05) is 24.0 Å². The maximum Gasteiger partial charge on any atom is 0.259 e. The van der Waals surface area contributed by atoms with Crippen LogP contribution in [-0.4, -0.2) is 34.9 Å². The van der Waals surface area contributed by atoms with Gasteiger partial charge in [-0.05, 0) is 42.8 Å². The van der Waals surface area contributed by atoms with Gasteiger partial charge in [0.15, 0.2) is 0 Å². The molecule has 0 saturated heterocycles. The Morgan fingerprint density at radius 2 is 1.84 bits per heavy atom. The van der Waals surface area contributed by atoms with Gasteiger partial charge < -0.3 is 14.8 Å². The average Bonchev–Trinajstić information content (AvgIpc) is 3.26. The summed E-state index contributed by atoms with van der Waals surface area (Å²) in [4.78, 5) is 17.4. The van der Waals surface area contributed by atoms with Crippen LogP contribution in [0.3, 0.4) is 0 Å². The second-order valence-electron chi connectivity index (χ2n) is 6.88.